The largest absolute Gasteiger partial charge is 0.370 e. The average molecular weight is 258 g/mol. The van der Waals surface area contributed by atoms with Crippen LogP contribution in [0.3, 0.4) is 0 Å². The molecule has 4 heteroatoms. The molecule has 102 valence electrons. The molecule has 1 aromatic rings. The van der Waals surface area contributed by atoms with Crippen molar-refractivity contribution >= 4 is 5.82 Å². The van der Waals surface area contributed by atoms with Gasteiger partial charge in [-0.1, -0.05) is 13.8 Å². The summed E-state index contributed by atoms with van der Waals surface area (Å²) >= 11 is 0. The topological polar surface area (TPSA) is 52.0 Å². The first-order valence-corrected chi connectivity index (χ1v) is 6.99. The minimum absolute atomic E-state index is 0.606. The summed E-state index contributed by atoms with van der Waals surface area (Å²) in [5, 5.41) is 12.1. The molecule has 4 nitrogen and oxygen atoms in total. The van der Waals surface area contributed by atoms with Crippen molar-refractivity contribution in [2.75, 3.05) is 31.5 Å². The van der Waals surface area contributed by atoms with Gasteiger partial charge in [0.15, 0.2) is 0 Å². The molecule has 0 aliphatic carbocycles. The molecule has 19 heavy (non-hydrogen) atoms. The van der Waals surface area contributed by atoms with Crippen LogP contribution in [0.15, 0.2) is 18.3 Å². The van der Waals surface area contributed by atoms with E-state index in [1.807, 2.05) is 6.07 Å². The number of hydrogen-bond acceptors (Lipinski definition) is 4. The third-order valence-electron chi connectivity index (χ3n) is 3.46. The fraction of sp³-hybridized carbons (Fsp3) is 0.600. The summed E-state index contributed by atoms with van der Waals surface area (Å²) in [5.41, 5.74) is 0.606. The summed E-state index contributed by atoms with van der Waals surface area (Å²) in [6, 6.07) is 5.75. The molecule has 0 amide bonds. The monoisotopic (exact) mass is 258 g/mol. The fourth-order valence-corrected chi connectivity index (χ4v) is 2.58. The standard InChI is InChI=1S/C15H22N4/c1-12(2)10-19-6-5-14(11-19)9-18-15-4-3-13(7-16)8-17-15/h3-4,8,12,14H,5-6,9-11H2,1-2H3,(H,17,18)/t14-/m1/s1. The van der Waals surface area contributed by atoms with Gasteiger partial charge >= 0.3 is 0 Å². The van der Waals surface area contributed by atoms with Gasteiger partial charge in [-0.2, -0.15) is 5.26 Å². The molecule has 1 fully saturated rings. The van der Waals surface area contributed by atoms with Crippen molar-refractivity contribution in [2.45, 2.75) is 20.3 Å². The predicted molar refractivity (Wildman–Crippen MR) is 76.8 cm³/mol. The number of nitrogens with zero attached hydrogens (tertiary/aromatic N) is 3. The zero-order valence-corrected chi connectivity index (χ0v) is 11.8. The molecule has 2 heterocycles. The highest BCUT2D eigenvalue weighted by Gasteiger charge is 2.22. The maximum absolute atomic E-state index is 8.72. The number of rotatable bonds is 5. The van der Waals surface area contributed by atoms with Crippen molar-refractivity contribution in [2.24, 2.45) is 11.8 Å². The fourth-order valence-electron chi connectivity index (χ4n) is 2.58. The van der Waals surface area contributed by atoms with Crippen LogP contribution in [-0.2, 0) is 0 Å². The zero-order chi connectivity index (χ0) is 13.7. The van der Waals surface area contributed by atoms with Crippen molar-refractivity contribution in [1.29, 1.82) is 5.26 Å². The van der Waals surface area contributed by atoms with Crippen molar-refractivity contribution in [1.82, 2.24) is 9.88 Å². The summed E-state index contributed by atoms with van der Waals surface area (Å²) in [5.74, 6) is 2.31. The number of pyridine rings is 1. The highest BCUT2D eigenvalue weighted by Crippen LogP contribution is 2.18. The van der Waals surface area contributed by atoms with Gasteiger partial charge in [0.2, 0.25) is 0 Å². The molecule has 0 spiro atoms. The summed E-state index contributed by atoms with van der Waals surface area (Å²) in [6.07, 6.45) is 2.87. The van der Waals surface area contributed by atoms with Crippen molar-refractivity contribution in [3.63, 3.8) is 0 Å². The molecular weight excluding hydrogens is 236 g/mol. The van der Waals surface area contributed by atoms with E-state index >= 15 is 0 Å². The molecule has 1 aromatic heterocycles. The van der Waals surface area contributed by atoms with Crippen LogP contribution in [0, 0.1) is 23.2 Å². The quantitative estimate of drug-likeness (QED) is 0.880. The number of nitrogens with one attached hydrogen (secondary N) is 1. The number of nitriles is 1. The Hall–Kier alpha value is -1.60. The van der Waals surface area contributed by atoms with E-state index < -0.39 is 0 Å². The SMILES string of the molecule is CC(C)CN1CC[C@H](CNc2ccc(C#N)cn2)C1. The first-order chi connectivity index (χ1) is 9.17. The predicted octanol–water partition coefficient (Wildman–Crippen LogP) is 2.34. The molecule has 0 bridgehead atoms. The van der Waals surface area contributed by atoms with Crippen LogP contribution in [-0.4, -0.2) is 36.1 Å². The number of hydrogen-bond donors (Lipinski definition) is 1. The Labute approximate surface area is 115 Å². The van der Waals surface area contributed by atoms with Crippen LogP contribution in [0.4, 0.5) is 5.82 Å². The van der Waals surface area contributed by atoms with Gasteiger partial charge in [-0.25, -0.2) is 4.98 Å². The van der Waals surface area contributed by atoms with Crippen LogP contribution in [0.1, 0.15) is 25.8 Å². The van der Waals surface area contributed by atoms with Crippen LogP contribution >= 0.6 is 0 Å². The highest BCUT2D eigenvalue weighted by atomic mass is 15.2. The molecule has 2 rings (SSSR count). The lowest BCUT2D eigenvalue weighted by Crippen LogP contribution is -2.26. The zero-order valence-electron chi connectivity index (χ0n) is 11.8. The van der Waals surface area contributed by atoms with Crippen molar-refractivity contribution in [3.8, 4) is 6.07 Å². The van der Waals surface area contributed by atoms with Gasteiger partial charge in [0.05, 0.1) is 5.56 Å². The van der Waals surface area contributed by atoms with E-state index in [2.05, 4.69) is 35.1 Å². The maximum atomic E-state index is 8.72. The number of anilines is 1. The van der Waals surface area contributed by atoms with E-state index in [1.54, 1.807) is 12.3 Å². The molecule has 1 aliphatic rings. The molecule has 1 N–H and O–H groups in total. The smallest absolute Gasteiger partial charge is 0.125 e. The number of aromatic nitrogens is 1. The minimum Gasteiger partial charge on any atom is -0.370 e. The third kappa shape index (κ3) is 4.22. The first kappa shape index (κ1) is 13.8. The van der Waals surface area contributed by atoms with E-state index in [9.17, 15) is 0 Å². The molecule has 0 saturated carbocycles. The molecule has 0 unspecified atom stereocenters. The molecule has 1 saturated heterocycles. The average Bonchev–Trinajstić information content (AvgIpc) is 2.84. The summed E-state index contributed by atoms with van der Waals surface area (Å²) in [6.45, 7) is 9.10. The molecular formula is C15H22N4. The lowest BCUT2D eigenvalue weighted by atomic mass is 10.1. The van der Waals surface area contributed by atoms with E-state index in [0.29, 0.717) is 11.5 Å². The molecule has 1 aliphatic heterocycles. The van der Waals surface area contributed by atoms with E-state index in [-0.39, 0.29) is 0 Å². The Morgan fingerprint density at radius 2 is 2.37 bits per heavy atom. The highest BCUT2D eigenvalue weighted by molar-refractivity contribution is 5.38. The Morgan fingerprint density at radius 1 is 1.53 bits per heavy atom. The van der Waals surface area contributed by atoms with Gasteiger partial charge in [-0.15, -0.1) is 0 Å². The van der Waals surface area contributed by atoms with Gasteiger partial charge in [0.1, 0.15) is 11.9 Å². The van der Waals surface area contributed by atoms with Crippen LogP contribution < -0.4 is 5.32 Å². The lowest BCUT2D eigenvalue weighted by molar-refractivity contribution is 0.289. The van der Waals surface area contributed by atoms with Crippen molar-refractivity contribution < 1.29 is 0 Å². The lowest BCUT2D eigenvalue weighted by Gasteiger charge is -2.18. The normalized spacial score (nSPS) is 19.6. The second-order valence-corrected chi connectivity index (χ2v) is 5.73. The Morgan fingerprint density at radius 3 is 3.00 bits per heavy atom. The van der Waals surface area contributed by atoms with E-state index in [0.717, 1.165) is 18.3 Å². The summed E-state index contributed by atoms with van der Waals surface area (Å²) in [7, 11) is 0. The van der Waals surface area contributed by atoms with Crippen LogP contribution in [0.25, 0.3) is 0 Å². The van der Waals surface area contributed by atoms with Crippen LogP contribution in [0.2, 0.25) is 0 Å². The minimum atomic E-state index is 0.606. The Kier molecular flexibility index (Phi) is 4.75. The summed E-state index contributed by atoms with van der Waals surface area (Å²) in [4.78, 5) is 6.78. The van der Waals surface area contributed by atoms with E-state index in [1.165, 1.54) is 26.1 Å². The van der Waals surface area contributed by atoms with Gasteiger partial charge in [-0.3, -0.25) is 0 Å². The molecule has 1 atom stereocenters. The van der Waals surface area contributed by atoms with Gasteiger partial charge in [0, 0.05) is 25.8 Å². The summed E-state index contributed by atoms with van der Waals surface area (Å²) < 4.78 is 0. The third-order valence-corrected chi connectivity index (χ3v) is 3.46. The molecule has 0 radical (unpaired) electrons. The second kappa shape index (κ2) is 6.53. The maximum Gasteiger partial charge on any atom is 0.125 e. The van der Waals surface area contributed by atoms with Gasteiger partial charge in [-0.05, 0) is 36.9 Å². The van der Waals surface area contributed by atoms with Gasteiger partial charge < -0.3 is 10.2 Å². The van der Waals surface area contributed by atoms with E-state index in [4.69, 9.17) is 5.26 Å². The Bertz CT molecular complexity index is 432. The second-order valence-electron chi connectivity index (χ2n) is 5.73. The van der Waals surface area contributed by atoms with Crippen molar-refractivity contribution in [3.05, 3.63) is 23.9 Å². The Balaban J connectivity index is 1.75. The van der Waals surface area contributed by atoms with Gasteiger partial charge in [0.25, 0.3) is 0 Å². The molecule has 0 aromatic carbocycles. The van der Waals surface area contributed by atoms with Crippen LogP contribution in [0.5, 0.6) is 0 Å². The number of likely N-dealkylation sites (tertiary alicyclic amines) is 1. The first-order valence-electron chi connectivity index (χ1n) is 6.99.